The molecule has 13 heteroatoms. The van der Waals surface area contributed by atoms with Gasteiger partial charge in [0.05, 0.1) is 48.0 Å². The molecule has 214 valence electrons. The van der Waals surface area contributed by atoms with Gasteiger partial charge in [-0.05, 0) is 25.0 Å². The lowest BCUT2D eigenvalue weighted by atomic mass is 10.0. The summed E-state index contributed by atoms with van der Waals surface area (Å²) in [5, 5.41) is 8.27. The SMILES string of the molecule is COCCN(Cc1cc2nc(-c3cccc4[nH]ncc34)nc(N3CCOCC3)c2s1)C1CCN(S(C)(=O)=O)CC1. The Kier molecular flexibility index (Phi) is 8.02. The van der Waals surface area contributed by atoms with Gasteiger partial charge in [-0.1, -0.05) is 12.1 Å². The number of thiophene rings is 1. The summed E-state index contributed by atoms with van der Waals surface area (Å²) in [5.74, 6) is 1.64. The summed E-state index contributed by atoms with van der Waals surface area (Å²) < 4.78 is 37.8. The maximum absolute atomic E-state index is 12.0. The Morgan fingerprint density at radius 1 is 1.18 bits per heavy atom. The molecule has 3 aromatic heterocycles. The summed E-state index contributed by atoms with van der Waals surface area (Å²) in [4.78, 5) is 16.1. The molecule has 1 aromatic carbocycles. The fraction of sp³-hybridized carbons (Fsp3) is 0.519. The highest BCUT2D eigenvalue weighted by Gasteiger charge is 2.29. The molecule has 2 saturated heterocycles. The van der Waals surface area contributed by atoms with Crippen molar-refractivity contribution in [1.82, 2.24) is 29.4 Å². The largest absolute Gasteiger partial charge is 0.383 e. The maximum atomic E-state index is 12.0. The van der Waals surface area contributed by atoms with Gasteiger partial charge in [0.1, 0.15) is 0 Å². The van der Waals surface area contributed by atoms with Crippen LogP contribution in [-0.4, -0.2) is 110 Å². The molecule has 0 radical (unpaired) electrons. The van der Waals surface area contributed by atoms with Crippen LogP contribution >= 0.6 is 11.3 Å². The van der Waals surface area contributed by atoms with Crippen LogP contribution in [0.25, 0.3) is 32.5 Å². The van der Waals surface area contributed by atoms with Crippen molar-refractivity contribution < 1.29 is 17.9 Å². The number of fused-ring (bicyclic) bond motifs is 2. The van der Waals surface area contributed by atoms with Gasteiger partial charge in [0.15, 0.2) is 11.6 Å². The van der Waals surface area contributed by atoms with E-state index in [-0.39, 0.29) is 6.04 Å². The van der Waals surface area contributed by atoms with E-state index in [4.69, 9.17) is 19.4 Å². The van der Waals surface area contributed by atoms with Gasteiger partial charge in [0.25, 0.3) is 0 Å². The van der Waals surface area contributed by atoms with Crippen LogP contribution in [0.1, 0.15) is 17.7 Å². The fourth-order valence-electron chi connectivity index (χ4n) is 5.65. The van der Waals surface area contributed by atoms with E-state index in [9.17, 15) is 8.42 Å². The molecular weight excluding hydrogens is 550 g/mol. The minimum absolute atomic E-state index is 0.289. The molecule has 0 atom stereocenters. The zero-order valence-corrected chi connectivity index (χ0v) is 24.5. The van der Waals surface area contributed by atoms with Crippen molar-refractivity contribution in [2.24, 2.45) is 0 Å². The number of anilines is 1. The van der Waals surface area contributed by atoms with Crippen LogP contribution in [0, 0.1) is 0 Å². The number of hydrogen-bond acceptors (Lipinski definition) is 10. The highest BCUT2D eigenvalue weighted by Crippen LogP contribution is 2.36. The number of piperidine rings is 1. The van der Waals surface area contributed by atoms with Crippen LogP contribution in [0.5, 0.6) is 0 Å². The lowest BCUT2D eigenvalue weighted by molar-refractivity contribution is 0.0902. The van der Waals surface area contributed by atoms with E-state index in [0.29, 0.717) is 38.7 Å². The Morgan fingerprint density at radius 3 is 2.73 bits per heavy atom. The summed E-state index contributed by atoms with van der Waals surface area (Å²) >= 11 is 1.74. The van der Waals surface area contributed by atoms with E-state index in [2.05, 4.69) is 26.1 Å². The number of methoxy groups -OCH3 is 1. The second kappa shape index (κ2) is 11.7. The van der Waals surface area contributed by atoms with Crippen LogP contribution < -0.4 is 4.90 Å². The second-order valence-corrected chi connectivity index (χ2v) is 13.5. The van der Waals surface area contributed by atoms with Crippen molar-refractivity contribution in [3.8, 4) is 11.4 Å². The summed E-state index contributed by atoms with van der Waals surface area (Å²) in [5.41, 5.74) is 2.84. The van der Waals surface area contributed by atoms with Gasteiger partial charge in [-0.3, -0.25) is 10.00 Å². The van der Waals surface area contributed by atoms with Gasteiger partial charge in [-0.2, -0.15) is 5.10 Å². The topological polar surface area (TPSA) is 117 Å². The predicted molar refractivity (Wildman–Crippen MR) is 157 cm³/mol. The first-order valence-corrected chi connectivity index (χ1v) is 16.3. The number of morpholine rings is 1. The number of aromatic amines is 1. The Labute approximate surface area is 238 Å². The third kappa shape index (κ3) is 5.71. The number of nitrogens with one attached hydrogen (secondary N) is 1. The highest BCUT2D eigenvalue weighted by molar-refractivity contribution is 7.88. The summed E-state index contributed by atoms with van der Waals surface area (Å²) in [6, 6.07) is 8.53. The van der Waals surface area contributed by atoms with Gasteiger partial charge in [0.2, 0.25) is 10.0 Å². The van der Waals surface area contributed by atoms with Crippen molar-refractivity contribution >= 4 is 48.3 Å². The third-order valence-corrected chi connectivity index (χ3v) is 10.2. The molecule has 2 aliphatic rings. The van der Waals surface area contributed by atoms with Crippen molar-refractivity contribution in [3.63, 3.8) is 0 Å². The molecule has 0 amide bonds. The monoisotopic (exact) mass is 585 g/mol. The minimum Gasteiger partial charge on any atom is -0.383 e. The molecule has 0 saturated carbocycles. The zero-order chi connectivity index (χ0) is 27.7. The number of hydrogen-bond donors (Lipinski definition) is 1. The first-order valence-electron chi connectivity index (χ1n) is 13.6. The quantitative estimate of drug-likeness (QED) is 0.316. The molecule has 40 heavy (non-hydrogen) atoms. The van der Waals surface area contributed by atoms with Crippen molar-refractivity contribution in [2.45, 2.75) is 25.4 Å². The van der Waals surface area contributed by atoms with Crippen LogP contribution in [-0.2, 0) is 26.0 Å². The molecular formula is C27H35N7O4S2. The maximum Gasteiger partial charge on any atom is 0.211 e. The Balaban J connectivity index is 1.34. The zero-order valence-electron chi connectivity index (χ0n) is 22.9. The molecule has 4 aromatic rings. The smallest absolute Gasteiger partial charge is 0.211 e. The van der Waals surface area contributed by atoms with Crippen molar-refractivity contribution in [1.29, 1.82) is 0 Å². The first-order chi connectivity index (χ1) is 19.4. The third-order valence-electron chi connectivity index (χ3n) is 7.79. The van der Waals surface area contributed by atoms with Gasteiger partial charge in [0, 0.05) is 68.2 Å². The van der Waals surface area contributed by atoms with Gasteiger partial charge in [-0.15, -0.1) is 11.3 Å². The van der Waals surface area contributed by atoms with Gasteiger partial charge < -0.3 is 14.4 Å². The van der Waals surface area contributed by atoms with E-state index in [1.807, 2.05) is 24.4 Å². The number of benzene rings is 1. The molecule has 5 heterocycles. The van der Waals surface area contributed by atoms with E-state index < -0.39 is 10.0 Å². The standard InChI is InChI=1S/C27H35N7O4S2/c1-37-13-10-33(19-6-8-34(9-7-19)40(2,35)36)18-20-16-24-25(39-20)27(32-11-14-38-15-12-32)30-26(29-24)21-4-3-5-23-22(21)17-28-31-23/h3-5,16-17,19H,6-15,18H2,1-2H3,(H,28,31). The molecule has 1 N–H and O–H groups in total. The molecule has 0 bridgehead atoms. The van der Waals surface area contributed by atoms with Gasteiger partial charge >= 0.3 is 0 Å². The van der Waals surface area contributed by atoms with E-state index >= 15 is 0 Å². The van der Waals surface area contributed by atoms with Crippen LogP contribution in [0.3, 0.4) is 0 Å². The average Bonchev–Trinajstić information content (AvgIpc) is 3.61. The predicted octanol–water partition coefficient (Wildman–Crippen LogP) is 2.94. The second-order valence-electron chi connectivity index (χ2n) is 10.4. The molecule has 0 aliphatic carbocycles. The normalized spacial score (nSPS) is 17.9. The van der Waals surface area contributed by atoms with E-state index in [1.165, 1.54) is 11.1 Å². The molecule has 6 rings (SSSR count). The van der Waals surface area contributed by atoms with Crippen LogP contribution in [0.15, 0.2) is 30.5 Å². The molecule has 0 unspecified atom stereocenters. The number of ether oxygens (including phenoxy) is 2. The van der Waals surface area contributed by atoms with E-state index in [1.54, 1.807) is 22.8 Å². The number of rotatable bonds is 9. The van der Waals surface area contributed by atoms with Crippen molar-refractivity contribution in [2.75, 3.05) is 70.8 Å². The average molecular weight is 586 g/mol. The fourth-order valence-corrected chi connectivity index (χ4v) is 7.67. The molecule has 0 spiro atoms. The first kappa shape index (κ1) is 27.5. The van der Waals surface area contributed by atoms with Crippen LogP contribution in [0.4, 0.5) is 5.82 Å². The van der Waals surface area contributed by atoms with Crippen LogP contribution in [0.2, 0.25) is 0 Å². The number of aromatic nitrogens is 4. The number of sulfonamides is 1. The Morgan fingerprint density at radius 2 is 1.98 bits per heavy atom. The van der Waals surface area contributed by atoms with E-state index in [0.717, 1.165) is 71.5 Å². The summed E-state index contributed by atoms with van der Waals surface area (Å²) in [6.45, 7) is 6.17. The van der Waals surface area contributed by atoms with Gasteiger partial charge in [-0.25, -0.2) is 22.7 Å². The summed E-state index contributed by atoms with van der Waals surface area (Å²) in [6.07, 6.45) is 4.73. The summed E-state index contributed by atoms with van der Waals surface area (Å²) in [7, 11) is -1.44. The minimum atomic E-state index is -3.16. The van der Waals surface area contributed by atoms with Crippen molar-refractivity contribution in [3.05, 3.63) is 35.3 Å². The Bertz CT molecular complexity index is 1570. The lowest BCUT2D eigenvalue weighted by Gasteiger charge is -2.37. The molecule has 2 aliphatic heterocycles. The lowest BCUT2D eigenvalue weighted by Crippen LogP contribution is -2.46. The molecule has 11 nitrogen and oxygen atoms in total. The number of nitrogens with zero attached hydrogens (tertiary/aromatic N) is 6. The Hall–Kier alpha value is -2.68. The number of H-pyrrole nitrogens is 1. The molecule has 2 fully saturated rings. The highest BCUT2D eigenvalue weighted by atomic mass is 32.2.